The van der Waals surface area contributed by atoms with E-state index in [1.807, 2.05) is 6.08 Å². The Kier molecular flexibility index (Phi) is 41.7. The molecule has 3 rings (SSSR count). The number of hydrogen-bond donors (Lipinski definition) is 12. The van der Waals surface area contributed by atoms with E-state index in [0.717, 1.165) is 44.9 Å². The molecule has 1 amide bonds. The predicted molar refractivity (Wildman–Crippen MR) is 310 cm³/mol. The second-order valence-corrected chi connectivity index (χ2v) is 23.6. The van der Waals surface area contributed by atoms with E-state index in [0.29, 0.717) is 6.42 Å². The highest BCUT2D eigenvalue weighted by atomic mass is 16.8. The van der Waals surface area contributed by atoms with Crippen LogP contribution in [0.1, 0.15) is 245 Å². The number of carbonyl (C=O) groups excluding carboxylic acids is 1. The molecule has 3 heterocycles. The minimum atomic E-state index is -1.97. The fourth-order valence-corrected chi connectivity index (χ4v) is 11.3. The van der Waals surface area contributed by atoms with E-state index in [1.165, 1.54) is 173 Å². The van der Waals surface area contributed by atoms with Crippen LogP contribution in [0.25, 0.3) is 0 Å². The highest BCUT2D eigenvalue weighted by Gasteiger charge is 2.53. The first kappa shape index (κ1) is 73.8. The van der Waals surface area contributed by atoms with E-state index in [1.54, 1.807) is 6.08 Å². The van der Waals surface area contributed by atoms with Gasteiger partial charge >= 0.3 is 0 Å². The van der Waals surface area contributed by atoms with Gasteiger partial charge in [-0.2, -0.15) is 0 Å². The molecule has 81 heavy (non-hydrogen) atoms. The first-order chi connectivity index (χ1) is 39.3. The summed E-state index contributed by atoms with van der Waals surface area (Å²) in [4.78, 5) is 13.4. The molecule has 3 aliphatic rings. The molecule has 17 unspecified atom stereocenters. The summed E-state index contributed by atoms with van der Waals surface area (Å²) in [6.07, 6.45) is 20.5. The Morgan fingerprint density at radius 1 is 0.432 bits per heavy atom. The summed E-state index contributed by atoms with van der Waals surface area (Å²) in [5, 5.41) is 120. The van der Waals surface area contributed by atoms with Gasteiger partial charge in [-0.1, -0.05) is 231 Å². The second kappa shape index (κ2) is 45.8. The van der Waals surface area contributed by atoms with Gasteiger partial charge in [0.1, 0.15) is 73.2 Å². The van der Waals surface area contributed by atoms with Gasteiger partial charge in [-0.15, -0.1) is 0 Å². The van der Waals surface area contributed by atoms with E-state index in [9.17, 15) is 61.0 Å². The van der Waals surface area contributed by atoms with Crippen LogP contribution in [-0.2, 0) is 33.2 Å². The van der Waals surface area contributed by atoms with Crippen LogP contribution >= 0.6 is 0 Å². The van der Waals surface area contributed by atoms with Crippen molar-refractivity contribution in [2.75, 3.05) is 26.4 Å². The van der Waals surface area contributed by atoms with Crippen LogP contribution in [0.5, 0.6) is 0 Å². The number of allylic oxidation sites excluding steroid dienone is 1. The summed E-state index contributed by atoms with van der Waals surface area (Å²) in [5.41, 5.74) is 0. The number of amides is 1. The summed E-state index contributed by atoms with van der Waals surface area (Å²) >= 11 is 0. The second-order valence-electron chi connectivity index (χ2n) is 23.6. The molecule has 3 fully saturated rings. The van der Waals surface area contributed by atoms with E-state index in [-0.39, 0.29) is 18.9 Å². The van der Waals surface area contributed by atoms with Gasteiger partial charge < -0.3 is 89.9 Å². The minimum Gasteiger partial charge on any atom is -0.394 e. The summed E-state index contributed by atoms with van der Waals surface area (Å²) in [6, 6.07) is -0.967. The quantitative estimate of drug-likeness (QED) is 0.0217. The van der Waals surface area contributed by atoms with Crippen LogP contribution in [0, 0.1) is 0 Å². The van der Waals surface area contributed by atoms with Crippen molar-refractivity contribution in [1.29, 1.82) is 0 Å². The third-order valence-electron chi connectivity index (χ3n) is 16.6. The normalized spacial score (nSPS) is 29.8. The van der Waals surface area contributed by atoms with Gasteiger partial charge in [0.15, 0.2) is 18.9 Å². The molecule has 0 aliphatic carbocycles. The number of hydrogen-bond acceptors (Lipinski definition) is 18. The van der Waals surface area contributed by atoms with Gasteiger partial charge in [-0.25, -0.2) is 0 Å². The van der Waals surface area contributed by atoms with Crippen molar-refractivity contribution in [2.45, 2.75) is 349 Å². The number of carbonyl (C=O) groups is 1. The monoisotopic (exact) mass is 1160 g/mol. The molecule has 478 valence electrons. The average Bonchev–Trinajstić information content (AvgIpc) is 3.48. The topological polar surface area (TPSA) is 307 Å². The highest BCUT2D eigenvalue weighted by molar-refractivity contribution is 5.76. The molecular weight excluding hydrogens is 1050 g/mol. The first-order valence-electron chi connectivity index (χ1n) is 32.4. The largest absolute Gasteiger partial charge is 0.394 e. The Labute approximate surface area is 486 Å². The van der Waals surface area contributed by atoms with Crippen LogP contribution in [0.4, 0.5) is 0 Å². The van der Waals surface area contributed by atoms with Gasteiger partial charge in [0.25, 0.3) is 0 Å². The van der Waals surface area contributed by atoms with E-state index in [2.05, 4.69) is 19.2 Å². The molecule has 0 radical (unpaired) electrons. The Hall–Kier alpha value is -1.47. The third-order valence-corrected chi connectivity index (χ3v) is 16.6. The molecule has 0 aromatic heterocycles. The molecule has 17 atom stereocenters. The zero-order valence-corrected chi connectivity index (χ0v) is 50.0. The molecule has 0 bridgehead atoms. The molecule has 19 heteroatoms. The Bertz CT molecular complexity index is 1530. The standard InChI is InChI=1S/C62H117NO18/c1-3-5-7-9-11-13-15-17-19-20-21-22-23-24-25-26-28-30-32-34-36-38-40-50(68)63-45(46(67)39-37-35-33-31-29-27-18-16-14-12-10-8-6-4-2)44-76-60-56(74)53(71)58(48(42-65)78-60)81-62-57(75)54(72)59(49(43-66)79-62)80-61-55(73)52(70)51(69)47(41-64)77-61/h37,39,45-49,51-62,64-67,69-75H,3-36,38,40-44H2,1-2H3,(H,63,68)/b39-37+. The lowest BCUT2D eigenvalue weighted by molar-refractivity contribution is -0.379. The van der Waals surface area contributed by atoms with Crippen LogP contribution in [0.2, 0.25) is 0 Å². The fraction of sp³-hybridized carbons (Fsp3) is 0.952. The van der Waals surface area contributed by atoms with Crippen LogP contribution in [-0.4, -0.2) is 193 Å². The number of rotatable bonds is 49. The fourth-order valence-electron chi connectivity index (χ4n) is 11.3. The molecule has 0 spiro atoms. The van der Waals surface area contributed by atoms with E-state index < -0.39 is 124 Å². The molecule has 3 aliphatic heterocycles. The Morgan fingerprint density at radius 2 is 0.765 bits per heavy atom. The van der Waals surface area contributed by atoms with Crippen molar-refractivity contribution in [3.8, 4) is 0 Å². The van der Waals surface area contributed by atoms with Crippen molar-refractivity contribution < 1.29 is 89.4 Å². The minimum absolute atomic E-state index is 0.249. The zero-order chi connectivity index (χ0) is 59.0. The smallest absolute Gasteiger partial charge is 0.220 e. The average molecular weight is 1160 g/mol. The summed E-state index contributed by atoms with van der Waals surface area (Å²) in [6.45, 7) is 1.75. The van der Waals surface area contributed by atoms with Crippen molar-refractivity contribution in [3.63, 3.8) is 0 Å². The van der Waals surface area contributed by atoms with Gasteiger partial charge in [0.05, 0.1) is 38.6 Å². The maximum atomic E-state index is 13.4. The molecule has 12 N–H and O–H groups in total. The predicted octanol–water partition coefficient (Wildman–Crippen LogP) is 6.94. The van der Waals surface area contributed by atoms with E-state index in [4.69, 9.17) is 28.4 Å². The molecule has 0 saturated carbocycles. The number of ether oxygens (including phenoxy) is 6. The highest BCUT2D eigenvalue weighted by Crippen LogP contribution is 2.33. The maximum absolute atomic E-state index is 13.4. The van der Waals surface area contributed by atoms with Crippen molar-refractivity contribution >= 4 is 5.91 Å². The molecule has 19 nitrogen and oxygen atoms in total. The zero-order valence-electron chi connectivity index (χ0n) is 50.0. The van der Waals surface area contributed by atoms with Gasteiger partial charge in [0.2, 0.25) is 5.91 Å². The van der Waals surface area contributed by atoms with Gasteiger partial charge in [0, 0.05) is 6.42 Å². The molecule has 0 aromatic rings. The van der Waals surface area contributed by atoms with Gasteiger partial charge in [-0.3, -0.25) is 4.79 Å². The first-order valence-corrected chi connectivity index (χ1v) is 32.4. The maximum Gasteiger partial charge on any atom is 0.220 e. The van der Waals surface area contributed by atoms with Crippen LogP contribution in [0.3, 0.4) is 0 Å². The Balaban J connectivity index is 1.45. The Morgan fingerprint density at radius 3 is 1.16 bits per heavy atom. The summed E-state index contributed by atoms with van der Waals surface area (Å²) in [5.74, 6) is -0.271. The van der Waals surface area contributed by atoms with Crippen molar-refractivity contribution in [1.82, 2.24) is 5.32 Å². The number of aliphatic hydroxyl groups excluding tert-OH is 11. The van der Waals surface area contributed by atoms with Gasteiger partial charge in [-0.05, 0) is 19.3 Å². The lowest BCUT2D eigenvalue weighted by Gasteiger charge is -2.48. The SMILES string of the molecule is CCCCCCCCCCCCCC/C=C/C(O)C(COC1OC(CO)C(OC2OC(CO)C(OC3OC(CO)C(O)C(O)C3O)C(O)C2O)C(O)C1O)NC(=O)CCCCCCCCCCCCCCCCCCCCCCCC. The molecular formula is C62H117NO18. The third kappa shape index (κ3) is 29.2. The van der Waals surface area contributed by atoms with Crippen LogP contribution in [0.15, 0.2) is 12.2 Å². The van der Waals surface area contributed by atoms with Crippen LogP contribution < -0.4 is 5.32 Å². The number of unbranched alkanes of at least 4 members (excludes halogenated alkanes) is 33. The molecule has 0 aromatic carbocycles. The van der Waals surface area contributed by atoms with Crippen molar-refractivity contribution in [3.05, 3.63) is 12.2 Å². The summed E-state index contributed by atoms with van der Waals surface area (Å²) < 4.78 is 34.3. The van der Waals surface area contributed by atoms with E-state index >= 15 is 0 Å². The van der Waals surface area contributed by atoms with Crippen molar-refractivity contribution in [2.24, 2.45) is 0 Å². The number of aliphatic hydroxyl groups is 11. The molecule has 3 saturated heterocycles. The summed E-state index contributed by atoms with van der Waals surface area (Å²) in [7, 11) is 0. The lowest BCUT2D eigenvalue weighted by Crippen LogP contribution is -2.66. The number of nitrogens with one attached hydrogen (secondary N) is 1. The lowest BCUT2D eigenvalue weighted by atomic mass is 9.96.